The molecule has 0 N–H and O–H groups in total. The number of fused-ring (bicyclic) bond motifs is 3. The largest absolute Gasteiger partial charge is 0.497 e. The molecule has 0 radical (unpaired) electrons. The van der Waals surface area contributed by atoms with E-state index in [0.717, 1.165) is 21.7 Å². The number of rotatable bonds is 3. The fourth-order valence-corrected chi connectivity index (χ4v) is 3.68. The number of benzene rings is 2. The average Bonchev–Trinajstić information content (AvgIpc) is 3.12. The van der Waals surface area contributed by atoms with Crippen LogP contribution in [0.25, 0.3) is 26.4 Å². The van der Waals surface area contributed by atoms with Crippen molar-refractivity contribution in [2.24, 2.45) is 0 Å². The Morgan fingerprint density at radius 1 is 1.09 bits per heavy atom. The van der Waals surface area contributed by atoms with Crippen molar-refractivity contribution in [2.75, 3.05) is 26.1 Å². The summed E-state index contributed by atoms with van der Waals surface area (Å²) in [7, 11) is 5.78. The second-order valence-electron chi connectivity index (χ2n) is 5.66. The third kappa shape index (κ3) is 2.33. The summed E-state index contributed by atoms with van der Waals surface area (Å²) in [4.78, 5) is 9.01. The number of methoxy groups -OCH3 is 1. The van der Waals surface area contributed by atoms with Gasteiger partial charge in [0.1, 0.15) is 5.75 Å². The molecule has 2 aromatic heterocycles. The molecule has 0 saturated heterocycles. The second kappa shape index (κ2) is 5.28. The molecule has 4 rings (SSSR count). The summed E-state index contributed by atoms with van der Waals surface area (Å²) in [6.45, 7) is 0. The Morgan fingerprint density at radius 3 is 2.57 bits per heavy atom. The van der Waals surface area contributed by atoms with Crippen molar-refractivity contribution in [3.8, 4) is 16.2 Å². The second-order valence-corrected chi connectivity index (χ2v) is 6.66. The van der Waals surface area contributed by atoms with Crippen LogP contribution in [-0.4, -0.2) is 30.6 Å². The van der Waals surface area contributed by atoms with Crippen molar-refractivity contribution >= 4 is 33.0 Å². The summed E-state index contributed by atoms with van der Waals surface area (Å²) in [5, 5.41) is 0. The number of nitrogens with zero attached hydrogens (tertiary/aromatic N) is 3. The summed E-state index contributed by atoms with van der Waals surface area (Å²) >= 11 is 1.70. The van der Waals surface area contributed by atoms with E-state index < -0.39 is 0 Å². The zero-order valence-electron chi connectivity index (χ0n) is 13.3. The zero-order valence-corrected chi connectivity index (χ0v) is 14.1. The smallest absolute Gasteiger partial charge is 0.195 e. The van der Waals surface area contributed by atoms with Crippen molar-refractivity contribution in [2.45, 2.75) is 0 Å². The van der Waals surface area contributed by atoms with Crippen molar-refractivity contribution in [1.29, 1.82) is 0 Å². The van der Waals surface area contributed by atoms with Gasteiger partial charge in [0.15, 0.2) is 4.96 Å². The molecule has 0 spiro atoms. The van der Waals surface area contributed by atoms with Crippen LogP contribution in [0.2, 0.25) is 0 Å². The van der Waals surface area contributed by atoms with Crippen molar-refractivity contribution in [3.63, 3.8) is 0 Å². The monoisotopic (exact) mass is 323 g/mol. The number of hydrogen-bond donors (Lipinski definition) is 0. The van der Waals surface area contributed by atoms with Crippen LogP contribution in [0.15, 0.2) is 48.7 Å². The van der Waals surface area contributed by atoms with E-state index in [-0.39, 0.29) is 0 Å². The first-order valence-electron chi connectivity index (χ1n) is 7.39. The number of thiazole rings is 1. The Kier molecular flexibility index (Phi) is 3.23. The molecule has 0 amide bonds. The molecule has 0 unspecified atom stereocenters. The summed E-state index contributed by atoms with van der Waals surface area (Å²) in [6, 6.07) is 14.6. The number of imidazole rings is 1. The molecule has 0 aliphatic carbocycles. The Morgan fingerprint density at radius 2 is 1.87 bits per heavy atom. The van der Waals surface area contributed by atoms with E-state index in [1.54, 1.807) is 18.4 Å². The lowest BCUT2D eigenvalue weighted by Crippen LogP contribution is -2.07. The van der Waals surface area contributed by atoms with Crippen LogP contribution in [0.1, 0.15) is 0 Å². The normalized spacial score (nSPS) is 11.3. The van der Waals surface area contributed by atoms with Crippen LogP contribution in [0.3, 0.4) is 0 Å². The van der Waals surface area contributed by atoms with Crippen LogP contribution in [0.4, 0.5) is 5.69 Å². The van der Waals surface area contributed by atoms with Crippen LogP contribution in [0, 0.1) is 0 Å². The van der Waals surface area contributed by atoms with Gasteiger partial charge in [0.25, 0.3) is 0 Å². The van der Waals surface area contributed by atoms with Crippen LogP contribution < -0.4 is 9.64 Å². The number of hydrogen-bond acceptors (Lipinski definition) is 4. The molecule has 0 aliphatic rings. The molecule has 0 aliphatic heterocycles. The van der Waals surface area contributed by atoms with Gasteiger partial charge in [0.2, 0.25) is 0 Å². The van der Waals surface area contributed by atoms with Gasteiger partial charge in [-0.15, -0.1) is 0 Å². The predicted octanol–water partition coefficient (Wildman–Crippen LogP) is 4.29. The molecule has 4 nitrogen and oxygen atoms in total. The molecule has 5 heteroatoms. The molecule has 0 fully saturated rings. The molecule has 0 saturated carbocycles. The van der Waals surface area contributed by atoms with Gasteiger partial charge < -0.3 is 9.64 Å². The van der Waals surface area contributed by atoms with E-state index in [1.165, 1.54) is 16.1 Å². The highest BCUT2D eigenvalue weighted by Crippen LogP contribution is 2.32. The third-order valence-electron chi connectivity index (χ3n) is 3.98. The van der Waals surface area contributed by atoms with E-state index in [4.69, 9.17) is 9.72 Å². The summed E-state index contributed by atoms with van der Waals surface area (Å²) in [6.07, 6.45) is 2.15. The maximum atomic E-state index is 5.33. The SMILES string of the molecule is COc1ccc2nc3sc(-c4ccc(N(C)C)cc4)cn3c2c1. The minimum absolute atomic E-state index is 0.849. The maximum absolute atomic E-state index is 5.33. The molecular formula is C18H17N3OS. The van der Waals surface area contributed by atoms with Gasteiger partial charge in [-0.1, -0.05) is 23.5 Å². The van der Waals surface area contributed by atoms with E-state index >= 15 is 0 Å². The number of aromatic nitrogens is 2. The highest BCUT2D eigenvalue weighted by Gasteiger charge is 2.11. The quantitative estimate of drug-likeness (QED) is 0.563. The maximum Gasteiger partial charge on any atom is 0.195 e. The fraction of sp³-hybridized carbons (Fsp3) is 0.167. The van der Waals surface area contributed by atoms with Gasteiger partial charge in [0.05, 0.1) is 23.0 Å². The van der Waals surface area contributed by atoms with E-state index in [2.05, 4.69) is 39.8 Å². The third-order valence-corrected chi connectivity index (χ3v) is 5.01. The first-order chi connectivity index (χ1) is 11.2. The van der Waals surface area contributed by atoms with Gasteiger partial charge >= 0.3 is 0 Å². The minimum atomic E-state index is 0.849. The molecular weight excluding hydrogens is 306 g/mol. The van der Waals surface area contributed by atoms with Crippen LogP contribution in [0.5, 0.6) is 5.75 Å². The summed E-state index contributed by atoms with van der Waals surface area (Å²) < 4.78 is 7.46. The Labute approximate surface area is 138 Å². The molecule has 116 valence electrons. The molecule has 2 heterocycles. The zero-order chi connectivity index (χ0) is 16.0. The van der Waals surface area contributed by atoms with E-state index in [1.807, 2.05) is 32.3 Å². The van der Waals surface area contributed by atoms with Gasteiger partial charge in [-0.2, -0.15) is 0 Å². The Bertz CT molecular complexity index is 983. The molecule has 0 atom stereocenters. The van der Waals surface area contributed by atoms with E-state index in [0.29, 0.717) is 0 Å². The van der Waals surface area contributed by atoms with Crippen LogP contribution >= 0.6 is 11.3 Å². The Balaban J connectivity index is 1.82. The average molecular weight is 323 g/mol. The van der Waals surface area contributed by atoms with Crippen molar-refractivity contribution in [3.05, 3.63) is 48.7 Å². The standard InChI is InChI=1S/C18H17N3OS/c1-20(2)13-6-4-12(5-7-13)17-11-21-16-10-14(22-3)8-9-15(16)19-18(21)23-17/h4-11H,1-3H3. The number of ether oxygens (including phenoxy) is 1. The van der Waals surface area contributed by atoms with Gasteiger partial charge in [-0.3, -0.25) is 4.40 Å². The summed E-state index contributed by atoms with van der Waals surface area (Å²) in [5.74, 6) is 0.849. The fourth-order valence-electron chi connectivity index (χ4n) is 2.67. The number of anilines is 1. The molecule has 2 aromatic carbocycles. The minimum Gasteiger partial charge on any atom is -0.497 e. The lowest BCUT2D eigenvalue weighted by molar-refractivity contribution is 0.415. The summed E-state index contributed by atoms with van der Waals surface area (Å²) in [5.41, 5.74) is 4.48. The first kappa shape index (κ1) is 14.1. The van der Waals surface area contributed by atoms with Crippen molar-refractivity contribution in [1.82, 2.24) is 9.38 Å². The van der Waals surface area contributed by atoms with Gasteiger partial charge in [-0.05, 0) is 29.8 Å². The lowest BCUT2D eigenvalue weighted by atomic mass is 10.2. The Hall–Kier alpha value is -2.53. The first-order valence-corrected chi connectivity index (χ1v) is 8.21. The molecule has 23 heavy (non-hydrogen) atoms. The van der Waals surface area contributed by atoms with E-state index in [9.17, 15) is 0 Å². The highest BCUT2D eigenvalue weighted by molar-refractivity contribution is 7.20. The molecule has 0 bridgehead atoms. The highest BCUT2D eigenvalue weighted by atomic mass is 32.1. The predicted molar refractivity (Wildman–Crippen MR) is 96.9 cm³/mol. The lowest BCUT2D eigenvalue weighted by Gasteiger charge is -2.12. The van der Waals surface area contributed by atoms with Gasteiger partial charge in [-0.25, -0.2) is 4.98 Å². The van der Waals surface area contributed by atoms with Crippen LogP contribution in [-0.2, 0) is 0 Å². The van der Waals surface area contributed by atoms with Crippen molar-refractivity contribution < 1.29 is 4.74 Å². The molecule has 4 aromatic rings. The van der Waals surface area contributed by atoms with Gasteiger partial charge in [0, 0.05) is 32.0 Å². The topological polar surface area (TPSA) is 29.8 Å².